The summed E-state index contributed by atoms with van der Waals surface area (Å²) in [6, 6.07) is 17.7. The summed E-state index contributed by atoms with van der Waals surface area (Å²) in [4.78, 5) is 59.2. The Hall–Kier alpha value is -5.67. The van der Waals surface area contributed by atoms with E-state index in [9.17, 15) is 14.4 Å². The molecule has 3 aromatic heterocycles. The molecule has 8 rings (SSSR count). The number of rotatable bonds is 10. The predicted molar refractivity (Wildman–Crippen MR) is 221 cm³/mol. The van der Waals surface area contributed by atoms with Gasteiger partial charge in [-0.3, -0.25) is 24.6 Å². The minimum atomic E-state index is -0.525. The smallest absolute Gasteiger partial charge is 0.293 e. The summed E-state index contributed by atoms with van der Waals surface area (Å²) in [6.45, 7) is 13.9. The standard InChI is InChI=1S/C43H46FN9O4S/c1-24-29(25(2)47-41(56)39-50-42(57-51-39)43(3,4)5)12-13-31(36(24)44)37-35-30-11-8-27(22-32(30)48-38(35)46-23-45-37)53-20-18-52(19-21-53)17-16-26-6-9-28(10-7-26)58-33-14-15-34(54)49-40(33)55/h6-13,22-23,25,33H,14-21H2,1-5H3,(H,47,56)(H,45,46,48)(H,49,54,55)/t25-,33?/m1/s1. The molecule has 58 heavy (non-hydrogen) atoms. The average molecular weight is 804 g/mol. The van der Waals surface area contributed by atoms with Crippen LogP contribution in [0.2, 0.25) is 0 Å². The molecule has 3 aromatic carbocycles. The third-order valence-electron chi connectivity index (χ3n) is 11.0. The highest BCUT2D eigenvalue weighted by Crippen LogP contribution is 2.37. The van der Waals surface area contributed by atoms with E-state index in [0.29, 0.717) is 46.8 Å². The minimum Gasteiger partial charge on any atom is -0.369 e. The predicted octanol–water partition coefficient (Wildman–Crippen LogP) is 6.66. The van der Waals surface area contributed by atoms with Crippen LogP contribution in [0.1, 0.15) is 79.8 Å². The van der Waals surface area contributed by atoms with Crippen LogP contribution in [0.3, 0.4) is 0 Å². The number of amides is 3. The van der Waals surface area contributed by atoms with Gasteiger partial charge in [0, 0.05) is 71.6 Å². The van der Waals surface area contributed by atoms with Crippen molar-refractivity contribution in [2.45, 2.75) is 75.5 Å². The van der Waals surface area contributed by atoms with E-state index in [0.717, 1.165) is 66.0 Å². The summed E-state index contributed by atoms with van der Waals surface area (Å²) in [5.41, 5.74) is 5.36. The second-order valence-electron chi connectivity index (χ2n) is 16.1. The number of piperidine rings is 1. The summed E-state index contributed by atoms with van der Waals surface area (Å²) in [6.07, 6.45) is 3.34. The van der Waals surface area contributed by atoms with Gasteiger partial charge in [0.2, 0.25) is 17.7 Å². The van der Waals surface area contributed by atoms with Gasteiger partial charge in [0.25, 0.3) is 11.7 Å². The molecule has 3 N–H and O–H groups in total. The summed E-state index contributed by atoms with van der Waals surface area (Å²) in [7, 11) is 0. The fraction of sp³-hybridized carbons (Fsp3) is 0.372. The first-order chi connectivity index (χ1) is 27.8. The molecule has 2 aliphatic rings. The molecule has 13 nitrogen and oxygen atoms in total. The number of piperazine rings is 1. The first kappa shape index (κ1) is 39.2. The fourth-order valence-corrected chi connectivity index (χ4v) is 8.65. The number of nitrogens with one attached hydrogen (secondary N) is 3. The topological polar surface area (TPSA) is 162 Å². The largest absolute Gasteiger partial charge is 0.369 e. The maximum absolute atomic E-state index is 16.3. The maximum atomic E-state index is 16.3. The number of aromatic amines is 1. The van der Waals surface area contributed by atoms with Crippen LogP contribution in [0.4, 0.5) is 10.1 Å². The Balaban J connectivity index is 0.907. The lowest BCUT2D eigenvalue weighted by atomic mass is 9.96. The van der Waals surface area contributed by atoms with Gasteiger partial charge in [-0.1, -0.05) is 50.2 Å². The average Bonchev–Trinajstić information content (AvgIpc) is 3.86. The Morgan fingerprint density at radius 3 is 2.55 bits per heavy atom. The number of imide groups is 1. The van der Waals surface area contributed by atoms with Gasteiger partial charge in [0.1, 0.15) is 17.8 Å². The number of thioether (sulfide) groups is 1. The van der Waals surface area contributed by atoms with Crippen LogP contribution in [-0.4, -0.2) is 85.7 Å². The number of carbonyl (C=O) groups excluding carboxylic acids is 3. The molecular weight excluding hydrogens is 758 g/mol. The van der Waals surface area contributed by atoms with Crippen molar-refractivity contribution in [3.63, 3.8) is 0 Å². The van der Waals surface area contributed by atoms with Crippen molar-refractivity contribution in [2.75, 3.05) is 37.6 Å². The van der Waals surface area contributed by atoms with Crippen molar-refractivity contribution in [1.29, 1.82) is 0 Å². The highest BCUT2D eigenvalue weighted by molar-refractivity contribution is 8.00. The molecule has 5 heterocycles. The van der Waals surface area contributed by atoms with Gasteiger partial charge < -0.3 is 19.7 Å². The summed E-state index contributed by atoms with van der Waals surface area (Å²) in [5, 5.41) is 10.6. The van der Waals surface area contributed by atoms with Gasteiger partial charge in [-0.25, -0.2) is 14.4 Å². The Morgan fingerprint density at radius 2 is 1.83 bits per heavy atom. The lowest BCUT2D eigenvalue weighted by Crippen LogP contribution is -2.47. The van der Waals surface area contributed by atoms with Gasteiger partial charge in [-0.2, -0.15) is 4.98 Å². The third kappa shape index (κ3) is 8.05. The van der Waals surface area contributed by atoms with E-state index in [4.69, 9.17) is 4.52 Å². The summed E-state index contributed by atoms with van der Waals surface area (Å²) >= 11 is 1.51. The number of fused-ring (bicyclic) bond motifs is 3. The van der Waals surface area contributed by atoms with E-state index in [1.54, 1.807) is 19.9 Å². The number of hydrogen-bond donors (Lipinski definition) is 3. The molecular formula is C43H46FN9O4S. The highest BCUT2D eigenvalue weighted by atomic mass is 32.2. The SMILES string of the molecule is Cc1c([C@@H](C)NC(=O)c2noc(C(C)(C)C)n2)ccc(-c2ncnc3[nH]c4cc(N5CCN(CCc6ccc(SC7CCC(=O)NC7=O)cc6)CC5)ccc4c23)c1F. The molecule has 2 atom stereocenters. The zero-order valence-corrected chi connectivity index (χ0v) is 34.0. The van der Waals surface area contributed by atoms with Crippen LogP contribution in [0, 0.1) is 12.7 Å². The number of nitrogens with zero attached hydrogens (tertiary/aromatic N) is 6. The van der Waals surface area contributed by atoms with Gasteiger partial charge in [0.15, 0.2) is 0 Å². The van der Waals surface area contributed by atoms with E-state index in [2.05, 4.69) is 88.0 Å². The van der Waals surface area contributed by atoms with E-state index >= 15 is 4.39 Å². The van der Waals surface area contributed by atoms with Crippen molar-refractivity contribution in [2.24, 2.45) is 0 Å². The lowest BCUT2D eigenvalue weighted by Gasteiger charge is -2.36. The summed E-state index contributed by atoms with van der Waals surface area (Å²) < 4.78 is 21.6. The molecule has 3 amide bonds. The molecule has 0 aliphatic carbocycles. The molecule has 1 unspecified atom stereocenters. The van der Waals surface area contributed by atoms with Crippen molar-refractivity contribution < 1.29 is 23.3 Å². The van der Waals surface area contributed by atoms with Gasteiger partial charge in [-0.15, -0.1) is 11.8 Å². The first-order valence-corrected chi connectivity index (χ1v) is 20.5. The molecule has 2 fully saturated rings. The van der Waals surface area contributed by atoms with Gasteiger partial charge >= 0.3 is 0 Å². The van der Waals surface area contributed by atoms with Crippen LogP contribution in [0.5, 0.6) is 0 Å². The monoisotopic (exact) mass is 803 g/mol. The van der Waals surface area contributed by atoms with E-state index in [-0.39, 0.29) is 22.9 Å². The number of aromatic nitrogens is 5. The normalized spacial score (nSPS) is 17.2. The zero-order chi connectivity index (χ0) is 40.7. The van der Waals surface area contributed by atoms with E-state index in [1.807, 2.05) is 26.8 Å². The third-order valence-corrected chi connectivity index (χ3v) is 12.3. The molecule has 6 aromatic rings. The zero-order valence-electron chi connectivity index (χ0n) is 33.2. The van der Waals surface area contributed by atoms with Crippen molar-refractivity contribution in [3.8, 4) is 11.3 Å². The van der Waals surface area contributed by atoms with Crippen molar-refractivity contribution in [3.05, 3.63) is 95.1 Å². The van der Waals surface area contributed by atoms with Crippen LogP contribution < -0.4 is 15.5 Å². The van der Waals surface area contributed by atoms with Crippen LogP contribution >= 0.6 is 11.8 Å². The molecule has 0 saturated carbocycles. The molecule has 2 aliphatic heterocycles. The Morgan fingerprint density at radius 1 is 1.05 bits per heavy atom. The quantitative estimate of drug-likeness (QED) is 0.127. The molecule has 2 saturated heterocycles. The van der Waals surface area contributed by atoms with Crippen LogP contribution in [-0.2, 0) is 21.4 Å². The molecule has 300 valence electrons. The lowest BCUT2D eigenvalue weighted by molar-refractivity contribution is -0.132. The van der Waals surface area contributed by atoms with Gasteiger partial charge in [-0.05, 0) is 73.7 Å². The summed E-state index contributed by atoms with van der Waals surface area (Å²) in [5.74, 6) is -1.03. The molecule has 15 heteroatoms. The van der Waals surface area contributed by atoms with Crippen LogP contribution in [0.15, 0.2) is 70.3 Å². The van der Waals surface area contributed by atoms with Crippen molar-refractivity contribution >= 4 is 57.1 Å². The van der Waals surface area contributed by atoms with Crippen LogP contribution in [0.25, 0.3) is 33.2 Å². The number of H-pyrrole nitrogens is 1. The number of halogens is 1. The number of carbonyl (C=O) groups is 3. The van der Waals surface area contributed by atoms with Crippen molar-refractivity contribution in [1.82, 2.24) is 40.6 Å². The number of hydrogen-bond acceptors (Lipinski definition) is 11. The Labute approximate surface area is 339 Å². The minimum absolute atomic E-state index is 0.0695. The van der Waals surface area contributed by atoms with E-state index < -0.39 is 23.2 Å². The Kier molecular flexibility index (Phi) is 10.8. The second kappa shape index (κ2) is 15.9. The molecule has 0 spiro atoms. The first-order valence-electron chi connectivity index (χ1n) is 19.6. The highest BCUT2D eigenvalue weighted by Gasteiger charge is 2.28. The number of anilines is 1. The Bertz CT molecular complexity index is 2520. The van der Waals surface area contributed by atoms with Gasteiger partial charge in [0.05, 0.1) is 22.4 Å². The second-order valence-corrected chi connectivity index (χ2v) is 17.4. The fourth-order valence-electron chi connectivity index (χ4n) is 7.63. The maximum Gasteiger partial charge on any atom is 0.293 e. The number of benzene rings is 3. The molecule has 0 radical (unpaired) electrons. The molecule has 0 bridgehead atoms. The van der Waals surface area contributed by atoms with E-state index in [1.165, 1.54) is 23.7 Å².